The van der Waals surface area contributed by atoms with E-state index in [1.165, 1.54) is 32.1 Å². The molecule has 1 aliphatic heterocycles. The molecule has 15 heavy (non-hydrogen) atoms. The molecule has 2 aliphatic rings. The van der Waals surface area contributed by atoms with Gasteiger partial charge in [0.2, 0.25) is 0 Å². The Hall–Kier alpha value is -0.370. The van der Waals surface area contributed by atoms with Crippen molar-refractivity contribution in [1.29, 1.82) is 0 Å². The molecular formula is C13H22O2. The first-order valence-corrected chi connectivity index (χ1v) is 6.46. The summed E-state index contributed by atoms with van der Waals surface area (Å²) >= 11 is 0. The zero-order chi connectivity index (χ0) is 10.5. The molecule has 1 atom stereocenters. The molecule has 0 aromatic heterocycles. The molecule has 0 aromatic rings. The first-order chi connectivity index (χ1) is 7.36. The van der Waals surface area contributed by atoms with Crippen LogP contribution in [0.5, 0.6) is 0 Å². The smallest absolute Gasteiger partial charge is 0.138 e. The van der Waals surface area contributed by atoms with Gasteiger partial charge in [0.1, 0.15) is 5.78 Å². The van der Waals surface area contributed by atoms with E-state index in [-0.39, 0.29) is 5.92 Å². The molecule has 0 spiro atoms. The molecule has 2 fully saturated rings. The topological polar surface area (TPSA) is 26.3 Å². The predicted octanol–water partition coefficient (Wildman–Crippen LogP) is 2.95. The summed E-state index contributed by atoms with van der Waals surface area (Å²) in [5, 5.41) is 0. The Morgan fingerprint density at radius 2 is 1.87 bits per heavy atom. The van der Waals surface area contributed by atoms with Crippen molar-refractivity contribution in [2.45, 2.75) is 51.4 Å². The van der Waals surface area contributed by atoms with Crippen LogP contribution in [0.15, 0.2) is 0 Å². The highest BCUT2D eigenvalue weighted by molar-refractivity contribution is 5.81. The number of hydrogen-bond donors (Lipinski definition) is 0. The summed E-state index contributed by atoms with van der Waals surface area (Å²) in [6.45, 7) is 1.54. The van der Waals surface area contributed by atoms with Gasteiger partial charge in [-0.15, -0.1) is 0 Å². The minimum Gasteiger partial charge on any atom is -0.381 e. The van der Waals surface area contributed by atoms with Gasteiger partial charge in [0.25, 0.3) is 0 Å². The van der Waals surface area contributed by atoms with Gasteiger partial charge >= 0.3 is 0 Å². The van der Waals surface area contributed by atoms with E-state index in [0.717, 1.165) is 25.9 Å². The maximum Gasteiger partial charge on any atom is 0.138 e. The Morgan fingerprint density at radius 3 is 2.53 bits per heavy atom. The number of ketones is 1. The summed E-state index contributed by atoms with van der Waals surface area (Å²) in [6, 6.07) is 0. The molecule has 2 rings (SSSR count). The van der Waals surface area contributed by atoms with Crippen LogP contribution in [0.25, 0.3) is 0 Å². The summed E-state index contributed by atoms with van der Waals surface area (Å²) in [5.41, 5.74) is 0. The lowest BCUT2D eigenvalue weighted by Crippen LogP contribution is -2.27. The molecular weight excluding hydrogens is 188 g/mol. The highest BCUT2D eigenvalue weighted by atomic mass is 16.5. The van der Waals surface area contributed by atoms with Crippen molar-refractivity contribution >= 4 is 5.78 Å². The quantitative estimate of drug-likeness (QED) is 0.716. The van der Waals surface area contributed by atoms with Gasteiger partial charge < -0.3 is 4.74 Å². The lowest BCUT2D eigenvalue weighted by atomic mass is 9.82. The predicted molar refractivity (Wildman–Crippen MR) is 59.7 cm³/mol. The zero-order valence-corrected chi connectivity index (χ0v) is 9.54. The van der Waals surface area contributed by atoms with E-state index in [4.69, 9.17) is 4.74 Å². The molecule has 0 bridgehead atoms. The lowest BCUT2D eigenvalue weighted by molar-refractivity contribution is -0.127. The number of carbonyl (C=O) groups is 1. The Balaban J connectivity index is 1.74. The SMILES string of the molecule is O=C(CC1CCCCC1)C1CCCOC1. The van der Waals surface area contributed by atoms with Gasteiger partial charge in [-0.1, -0.05) is 32.1 Å². The molecule has 1 saturated carbocycles. The molecule has 0 aromatic carbocycles. The monoisotopic (exact) mass is 210 g/mol. The minimum atomic E-state index is 0.223. The van der Waals surface area contributed by atoms with Gasteiger partial charge in [0, 0.05) is 18.9 Å². The van der Waals surface area contributed by atoms with Crippen molar-refractivity contribution in [1.82, 2.24) is 0 Å². The van der Waals surface area contributed by atoms with E-state index in [1.54, 1.807) is 0 Å². The van der Waals surface area contributed by atoms with Gasteiger partial charge in [-0.2, -0.15) is 0 Å². The van der Waals surface area contributed by atoms with E-state index in [2.05, 4.69) is 0 Å². The molecule has 1 unspecified atom stereocenters. The van der Waals surface area contributed by atoms with Gasteiger partial charge in [0.05, 0.1) is 6.61 Å². The van der Waals surface area contributed by atoms with Crippen molar-refractivity contribution in [3.05, 3.63) is 0 Å². The molecule has 0 N–H and O–H groups in total. The van der Waals surface area contributed by atoms with E-state index >= 15 is 0 Å². The van der Waals surface area contributed by atoms with Crippen LogP contribution in [-0.2, 0) is 9.53 Å². The third-order valence-electron chi connectivity index (χ3n) is 3.83. The first-order valence-electron chi connectivity index (χ1n) is 6.46. The zero-order valence-electron chi connectivity index (χ0n) is 9.54. The van der Waals surface area contributed by atoms with Crippen molar-refractivity contribution in [3.63, 3.8) is 0 Å². The van der Waals surface area contributed by atoms with Crippen LogP contribution in [0.3, 0.4) is 0 Å². The summed E-state index contributed by atoms with van der Waals surface area (Å²) < 4.78 is 5.37. The average molecular weight is 210 g/mol. The van der Waals surface area contributed by atoms with Crippen molar-refractivity contribution in [2.75, 3.05) is 13.2 Å². The highest BCUT2D eigenvalue weighted by Gasteiger charge is 2.25. The standard InChI is InChI=1S/C13H22O2/c14-13(12-7-4-8-15-10-12)9-11-5-2-1-3-6-11/h11-12H,1-10H2. The van der Waals surface area contributed by atoms with Gasteiger partial charge in [-0.05, 0) is 18.8 Å². The molecule has 0 amide bonds. The van der Waals surface area contributed by atoms with Crippen LogP contribution in [0.1, 0.15) is 51.4 Å². The van der Waals surface area contributed by atoms with Crippen LogP contribution in [0.4, 0.5) is 0 Å². The molecule has 2 heteroatoms. The number of carbonyl (C=O) groups excluding carboxylic acids is 1. The summed E-state index contributed by atoms with van der Waals surface area (Å²) in [5.74, 6) is 1.38. The third kappa shape index (κ3) is 3.30. The van der Waals surface area contributed by atoms with E-state index in [9.17, 15) is 4.79 Å². The largest absolute Gasteiger partial charge is 0.381 e. The summed E-state index contributed by atoms with van der Waals surface area (Å²) in [7, 11) is 0. The van der Waals surface area contributed by atoms with E-state index in [0.29, 0.717) is 18.3 Å². The average Bonchev–Trinajstić information content (AvgIpc) is 2.31. The highest BCUT2D eigenvalue weighted by Crippen LogP contribution is 2.28. The molecule has 0 radical (unpaired) electrons. The van der Waals surface area contributed by atoms with Crippen molar-refractivity contribution in [3.8, 4) is 0 Å². The Bertz CT molecular complexity index is 201. The molecule has 86 valence electrons. The third-order valence-corrected chi connectivity index (χ3v) is 3.83. The normalized spacial score (nSPS) is 28.9. The fraction of sp³-hybridized carbons (Fsp3) is 0.923. The van der Waals surface area contributed by atoms with E-state index in [1.807, 2.05) is 0 Å². The van der Waals surface area contributed by atoms with Crippen LogP contribution < -0.4 is 0 Å². The number of rotatable bonds is 3. The molecule has 1 aliphatic carbocycles. The van der Waals surface area contributed by atoms with Crippen molar-refractivity contribution in [2.24, 2.45) is 11.8 Å². The molecule has 1 heterocycles. The molecule has 1 saturated heterocycles. The Kier molecular flexibility index (Phi) is 4.18. The molecule has 2 nitrogen and oxygen atoms in total. The maximum atomic E-state index is 12.0. The fourth-order valence-corrected chi connectivity index (χ4v) is 2.84. The number of Topliss-reactive ketones (excluding diaryl/α,β-unsaturated/α-hetero) is 1. The number of hydrogen-bond acceptors (Lipinski definition) is 2. The minimum absolute atomic E-state index is 0.223. The van der Waals surface area contributed by atoms with Crippen LogP contribution in [0.2, 0.25) is 0 Å². The summed E-state index contributed by atoms with van der Waals surface area (Å²) in [6.07, 6.45) is 9.55. The van der Waals surface area contributed by atoms with Crippen LogP contribution in [-0.4, -0.2) is 19.0 Å². The Morgan fingerprint density at radius 1 is 1.07 bits per heavy atom. The second-order valence-corrected chi connectivity index (χ2v) is 5.09. The van der Waals surface area contributed by atoms with E-state index < -0.39 is 0 Å². The number of ether oxygens (including phenoxy) is 1. The van der Waals surface area contributed by atoms with Crippen LogP contribution in [0, 0.1) is 11.8 Å². The fourth-order valence-electron chi connectivity index (χ4n) is 2.84. The second-order valence-electron chi connectivity index (χ2n) is 5.09. The van der Waals surface area contributed by atoms with Gasteiger partial charge in [0.15, 0.2) is 0 Å². The lowest BCUT2D eigenvalue weighted by Gasteiger charge is -2.25. The van der Waals surface area contributed by atoms with Crippen molar-refractivity contribution < 1.29 is 9.53 Å². The maximum absolute atomic E-state index is 12.0. The first kappa shape index (κ1) is 11.1. The summed E-state index contributed by atoms with van der Waals surface area (Å²) in [4.78, 5) is 12.0. The van der Waals surface area contributed by atoms with Gasteiger partial charge in [-0.25, -0.2) is 0 Å². The van der Waals surface area contributed by atoms with Gasteiger partial charge in [-0.3, -0.25) is 4.79 Å². The Labute approximate surface area is 92.4 Å². The van der Waals surface area contributed by atoms with Crippen LogP contribution >= 0.6 is 0 Å². The second kappa shape index (κ2) is 5.64.